The number of thioether (sulfide) groups is 1. The van der Waals surface area contributed by atoms with Crippen LogP contribution in [0.4, 0.5) is 17.6 Å². The van der Waals surface area contributed by atoms with Gasteiger partial charge in [0.25, 0.3) is 5.91 Å². The second kappa shape index (κ2) is 12.5. The molecule has 13 heteroatoms. The number of aromatic nitrogens is 1. The van der Waals surface area contributed by atoms with Gasteiger partial charge in [-0.25, -0.2) is 32.3 Å². The lowest BCUT2D eigenvalue weighted by Gasteiger charge is -2.24. The molecule has 0 saturated carbocycles. The van der Waals surface area contributed by atoms with Crippen molar-refractivity contribution in [3.63, 3.8) is 0 Å². The fourth-order valence-corrected chi connectivity index (χ4v) is 5.42. The minimum atomic E-state index is -1.40. The monoisotopic (exact) mass is 611 g/mol. The number of hydrogen-bond acceptors (Lipinski definition) is 8. The lowest BCUT2D eigenvalue weighted by molar-refractivity contribution is 0.0593. The van der Waals surface area contributed by atoms with Crippen molar-refractivity contribution in [2.24, 2.45) is 5.10 Å². The fourth-order valence-electron chi connectivity index (χ4n) is 4.25. The first-order chi connectivity index (χ1) is 20.7. The van der Waals surface area contributed by atoms with Gasteiger partial charge >= 0.3 is 5.97 Å². The third kappa shape index (κ3) is 6.16. The Balaban J connectivity index is 1.52. The third-order valence-corrected chi connectivity index (χ3v) is 7.44. The maximum Gasteiger partial charge on any atom is 0.356 e. The SMILES string of the molecule is COC(=O)c1cccc(COc2cccc(C3SC(c4ccc(F)cc4)=NN3C(=O)c3c(F)cc(F)cc3F)c2OC)n1. The zero-order valence-electron chi connectivity index (χ0n) is 22.5. The number of carbonyl (C=O) groups is 2. The van der Waals surface area contributed by atoms with Gasteiger partial charge < -0.3 is 14.2 Å². The zero-order chi connectivity index (χ0) is 30.7. The van der Waals surface area contributed by atoms with Crippen molar-refractivity contribution in [1.82, 2.24) is 9.99 Å². The van der Waals surface area contributed by atoms with Crippen LogP contribution < -0.4 is 9.47 Å². The molecule has 0 saturated heterocycles. The van der Waals surface area contributed by atoms with Crippen LogP contribution in [0.2, 0.25) is 0 Å². The van der Waals surface area contributed by atoms with Crippen LogP contribution in [0, 0.1) is 23.3 Å². The summed E-state index contributed by atoms with van der Waals surface area (Å²) < 4.78 is 72.8. The van der Waals surface area contributed by atoms with Crippen LogP contribution in [-0.2, 0) is 11.3 Å². The molecule has 0 aliphatic carbocycles. The summed E-state index contributed by atoms with van der Waals surface area (Å²) in [6.45, 7) is -0.0750. The van der Waals surface area contributed by atoms with Gasteiger partial charge in [-0.1, -0.05) is 30.0 Å². The molecule has 5 rings (SSSR count). The van der Waals surface area contributed by atoms with Gasteiger partial charge in [0.2, 0.25) is 0 Å². The summed E-state index contributed by atoms with van der Waals surface area (Å²) >= 11 is 1.04. The second-order valence-corrected chi connectivity index (χ2v) is 10.0. The van der Waals surface area contributed by atoms with Gasteiger partial charge in [-0.2, -0.15) is 5.10 Å². The van der Waals surface area contributed by atoms with Crippen LogP contribution >= 0.6 is 11.8 Å². The molecular formula is C30H21F4N3O5S. The van der Waals surface area contributed by atoms with Crippen molar-refractivity contribution in [2.75, 3.05) is 14.2 Å². The van der Waals surface area contributed by atoms with E-state index < -0.39 is 46.1 Å². The van der Waals surface area contributed by atoms with E-state index in [1.165, 1.54) is 44.6 Å². The number of nitrogens with zero attached hydrogens (tertiary/aromatic N) is 3. The highest BCUT2D eigenvalue weighted by atomic mass is 32.2. The van der Waals surface area contributed by atoms with E-state index in [9.17, 15) is 27.2 Å². The van der Waals surface area contributed by atoms with Crippen molar-refractivity contribution in [3.05, 3.63) is 124 Å². The van der Waals surface area contributed by atoms with E-state index in [2.05, 4.69) is 10.1 Å². The van der Waals surface area contributed by atoms with Crippen LogP contribution in [-0.4, -0.2) is 41.1 Å². The molecule has 220 valence electrons. The smallest absolute Gasteiger partial charge is 0.356 e. The van der Waals surface area contributed by atoms with Crippen molar-refractivity contribution in [2.45, 2.75) is 12.0 Å². The molecule has 1 atom stereocenters. The number of benzene rings is 3. The summed E-state index contributed by atoms with van der Waals surface area (Å²) in [4.78, 5) is 29.6. The highest BCUT2D eigenvalue weighted by Gasteiger charge is 2.39. The van der Waals surface area contributed by atoms with Gasteiger partial charge in [-0.3, -0.25) is 4.79 Å². The Bertz CT molecular complexity index is 1710. The molecule has 1 aliphatic rings. The number of pyridine rings is 1. The predicted octanol–water partition coefficient (Wildman–Crippen LogP) is 6.26. The molecule has 2 heterocycles. The molecule has 0 spiro atoms. The van der Waals surface area contributed by atoms with Gasteiger partial charge in [0.15, 0.2) is 11.5 Å². The van der Waals surface area contributed by atoms with Gasteiger partial charge in [0, 0.05) is 23.3 Å². The number of rotatable bonds is 8. The summed E-state index contributed by atoms with van der Waals surface area (Å²) in [5.41, 5.74) is 0.283. The molecule has 8 nitrogen and oxygen atoms in total. The Hall–Kier alpha value is -4.91. The number of methoxy groups -OCH3 is 2. The van der Waals surface area contributed by atoms with Crippen LogP contribution in [0.15, 0.2) is 77.9 Å². The van der Waals surface area contributed by atoms with E-state index in [1.54, 1.807) is 30.3 Å². The average molecular weight is 612 g/mol. The quantitative estimate of drug-likeness (QED) is 0.172. The number of hydrogen-bond donors (Lipinski definition) is 0. The Kier molecular flexibility index (Phi) is 8.62. The Morgan fingerprint density at radius 1 is 0.907 bits per heavy atom. The van der Waals surface area contributed by atoms with E-state index in [0.29, 0.717) is 29.0 Å². The standard InChI is InChI=1S/C30H21F4N3O5S/c1-40-26-20(6-4-8-24(26)42-15-19-5-3-7-23(35-19)30(39)41-2)29-37(28(38)25-21(33)13-18(32)14-22(25)34)36-27(43-29)16-9-11-17(31)12-10-16/h3-14,29H,15H2,1-2H3. The number of esters is 1. The van der Waals surface area contributed by atoms with Crippen molar-refractivity contribution >= 4 is 28.7 Å². The molecule has 0 bridgehead atoms. The van der Waals surface area contributed by atoms with E-state index in [-0.39, 0.29) is 28.8 Å². The Morgan fingerprint density at radius 2 is 1.60 bits per heavy atom. The second-order valence-electron chi connectivity index (χ2n) is 8.95. The maximum atomic E-state index is 14.7. The van der Waals surface area contributed by atoms with E-state index >= 15 is 0 Å². The largest absolute Gasteiger partial charge is 0.492 e. The highest BCUT2D eigenvalue weighted by Crippen LogP contribution is 2.48. The molecular weight excluding hydrogens is 590 g/mol. The first kappa shape index (κ1) is 29.6. The van der Waals surface area contributed by atoms with Crippen LogP contribution in [0.1, 0.15) is 43.0 Å². The van der Waals surface area contributed by atoms with Crippen molar-refractivity contribution < 1.29 is 41.4 Å². The van der Waals surface area contributed by atoms with Crippen LogP contribution in [0.25, 0.3) is 0 Å². The van der Waals surface area contributed by atoms with Crippen LogP contribution in [0.3, 0.4) is 0 Å². The molecule has 4 aromatic rings. The van der Waals surface area contributed by atoms with Crippen molar-refractivity contribution in [3.8, 4) is 11.5 Å². The number of ether oxygens (including phenoxy) is 3. The molecule has 1 aliphatic heterocycles. The first-order valence-electron chi connectivity index (χ1n) is 12.5. The third-order valence-electron chi connectivity index (χ3n) is 6.22. The van der Waals surface area contributed by atoms with Crippen LogP contribution in [0.5, 0.6) is 11.5 Å². The molecule has 43 heavy (non-hydrogen) atoms. The van der Waals surface area contributed by atoms with Gasteiger partial charge in [0.1, 0.15) is 51.6 Å². The lowest BCUT2D eigenvalue weighted by atomic mass is 10.1. The molecule has 0 fully saturated rings. The summed E-state index contributed by atoms with van der Waals surface area (Å²) in [5, 5.41) is 4.39. The molecule has 1 aromatic heterocycles. The number of hydrazone groups is 1. The normalized spacial score (nSPS) is 14.3. The average Bonchev–Trinajstić information content (AvgIpc) is 3.44. The Morgan fingerprint density at radius 3 is 2.28 bits per heavy atom. The van der Waals surface area contributed by atoms with Crippen molar-refractivity contribution in [1.29, 1.82) is 0 Å². The summed E-state index contributed by atoms with van der Waals surface area (Å²) in [6, 6.07) is 15.7. The number of para-hydroxylation sites is 1. The summed E-state index contributed by atoms with van der Waals surface area (Å²) in [5.74, 6) is -5.87. The highest BCUT2D eigenvalue weighted by molar-refractivity contribution is 8.14. The minimum Gasteiger partial charge on any atom is -0.492 e. The lowest BCUT2D eigenvalue weighted by Crippen LogP contribution is -2.28. The van der Waals surface area contributed by atoms with E-state index in [0.717, 1.165) is 16.8 Å². The van der Waals surface area contributed by atoms with Gasteiger partial charge in [0.05, 0.1) is 19.9 Å². The van der Waals surface area contributed by atoms with Gasteiger partial charge in [-0.15, -0.1) is 0 Å². The molecule has 0 radical (unpaired) electrons. The zero-order valence-corrected chi connectivity index (χ0v) is 23.3. The number of amides is 1. The molecule has 0 N–H and O–H groups in total. The summed E-state index contributed by atoms with van der Waals surface area (Å²) in [7, 11) is 2.61. The molecule has 1 amide bonds. The van der Waals surface area contributed by atoms with E-state index in [4.69, 9.17) is 14.2 Å². The fraction of sp³-hybridized carbons (Fsp3) is 0.133. The minimum absolute atomic E-state index is 0.0750. The number of halogens is 4. The maximum absolute atomic E-state index is 14.7. The number of carbonyl (C=O) groups excluding carboxylic acids is 2. The van der Waals surface area contributed by atoms with E-state index in [1.807, 2.05) is 0 Å². The summed E-state index contributed by atoms with van der Waals surface area (Å²) in [6.07, 6.45) is 0. The molecule has 1 unspecified atom stereocenters. The Labute approximate surface area is 246 Å². The predicted molar refractivity (Wildman–Crippen MR) is 149 cm³/mol. The topological polar surface area (TPSA) is 90.3 Å². The molecule has 3 aromatic carbocycles. The van der Waals surface area contributed by atoms with Gasteiger partial charge in [-0.05, 0) is 42.5 Å². The first-order valence-corrected chi connectivity index (χ1v) is 13.4.